The van der Waals surface area contributed by atoms with Gasteiger partial charge in [-0.25, -0.2) is 13.6 Å². The van der Waals surface area contributed by atoms with Crippen molar-refractivity contribution in [2.75, 3.05) is 66.4 Å². The van der Waals surface area contributed by atoms with Gasteiger partial charge in [0.05, 0.1) is 51.5 Å². The van der Waals surface area contributed by atoms with Crippen LogP contribution in [0.5, 0.6) is 0 Å². The molecule has 8 N–H and O–H groups in total. The molecule has 0 aliphatic carbocycles. The molecule has 4 rings (SSSR count). The molecule has 0 radical (unpaired) electrons. The largest absolute Gasteiger partial charge is 0.490 e. The van der Waals surface area contributed by atoms with Crippen molar-refractivity contribution in [3.8, 4) is 11.1 Å². The van der Waals surface area contributed by atoms with Crippen molar-refractivity contribution < 1.29 is 99.1 Å². The summed E-state index contributed by atoms with van der Waals surface area (Å²) in [5, 5.41) is 27.7. The Kier molecular flexibility index (Phi) is 29.0. The maximum absolute atomic E-state index is 15.4. The topological polar surface area (TPSA) is 341 Å². The number of aromatic nitrogens is 1. The monoisotopic (exact) mass is 1220 g/mol. The van der Waals surface area contributed by atoms with E-state index in [0.717, 1.165) is 40.8 Å². The van der Waals surface area contributed by atoms with E-state index in [0.29, 0.717) is 18.9 Å². The second-order valence-corrected chi connectivity index (χ2v) is 20.8. The highest BCUT2D eigenvalue weighted by Gasteiger charge is 2.40. The number of carboxylic acid groups (broad SMARTS) is 1. The molecule has 29 heteroatoms. The number of ether oxygens (including phenoxy) is 3. The number of Topliss-reactive ketones (excluding diaryl/α,β-unsaturated/α-hetero) is 2. The minimum absolute atomic E-state index is 0.0148. The van der Waals surface area contributed by atoms with Crippen molar-refractivity contribution in [1.82, 2.24) is 35.6 Å². The second-order valence-electron chi connectivity index (χ2n) is 20.8. The predicted molar refractivity (Wildman–Crippen MR) is 295 cm³/mol. The first-order valence-electron chi connectivity index (χ1n) is 27.0. The molecule has 86 heavy (non-hydrogen) atoms. The van der Waals surface area contributed by atoms with Crippen molar-refractivity contribution >= 4 is 64.8 Å². The van der Waals surface area contributed by atoms with E-state index >= 15 is 4.39 Å². The van der Waals surface area contributed by atoms with Crippen molar-refractivity contribution in [2.45, 2.75) is 104 Å². The molecule has 2 aromatic carbocycles. The third-order valence-electron chi connectivity index (χ3n) is 12.8. The molecule has 1 aliphatic rings. The van der Waals surface area contributed by atoms with Gasteiger partial charge in [-0.15, -0.1) is 0 Å². The molecular weight excluding hydrogens is 1150 g/mol. The number of imide groups is 1. The Morgan fingerprint density at radius 3 is 2.00 bits per heavy atom. The van der Waals surface area contributed by atoms with Gasteiger partial charge in [0.2, 0.25) is 35.4 Å². The number of hydrogen-bond donors (Lipinski definition) is 7. The van der Waals surface area contributed by atoms with Gasteiger partial charge in [0.15, 0.2) is 11.6 Å². The lowest BCUT2D eigenvalue weighted by Gasteiger charge is -2.41. The average Bonchev–Trinajstić information content (AvgIpc) is 2.89. The van der Waals surface area contributed by atoms with Crippen LogP contribution >= 0.6 is 0 Å². The van der Waals surface area contributed by atoms with Crippen LogP contribution in [0.4, 0.5) is 22.0 Å². The zero-order valence-corrected chi connectivity index (χ0v) is 48.3. The Morgan fingerprint density at radius 2 is 1.41 bits per heavy atom. The van der Waals surface area contributed by atoms with Gasteiger partial charge in [-0.3, -0.25) is 52.8 Å². The third kappa shape index (κ3) is 24.0. The van der Waals surface area contributed by atoms with E-state index in [-0.39, 0.29) is 69.8 Å². The SMILES string of the molecule is COCCOCCOCC(=O)N[C@@H](C)C(=O)C[C@@H](C)C(=O)N[C@@H](CC(N)=O)C(=O)N[C@@H](CCN(C(=O)CO)[C@@H](c1cc(-c2cc(F)ccc2F)cn1Cc1ccccc1)C(C)(C)C)C(=O)NCCCC(=O)CN1C(=O)C=CC1=O.O=C(O)C(F)(F)F. The number of methoxy groups -OCH3 is 1. The zero-order chi connectivity index (χ0) is 64.5. The van der Waals surface area contributed by atoms with Gasteiger partial charge in [0.1, 0.15) is 36.9 Å². The van der Waals surface area contributed by atoms with Gasteiger partial charge in [-0.05, 0) is 55.0 Å². The molecule has 2 heterocycles. The summed E-state index contributed by atoms with van der Waals surface area (Å²) >= 11 is 0. The number of carbonyl (C=O) groups is 11. The van der Waals surface area contributed by atoms with Gasteiger partial charge in [-0.2, -0.15) is 13.2 Å². The van der Waals surface area contributed by atoms with Crippen molar-refractivity contribution in [3.63, 3.8) is 0 Å². The molecule has 1 aliphatic heterocycles. The van der Waals surface area contributed by atoms with Gasteiger partial charge < -0.3 is 60.9 Å². The first-order chi connectivity index (χ1) is 40.4. The summed E-state index contributed by atoms with van der Waals surface area (Å²) in [5.74, 6) is -12.9. The maximum Gasteiger partial charge on any atom is 0.490 e. The molecule has 3 aromatic rings. The molecule has 0 saturated carbocycles. The number of aliphatic hydroxyl groups is 1. The molecule has 0 bridgehead atoms. The van der Waals surface area contributed by atoms with Crippen LogP contribution < -0.4 is 27.0 Å². The van der Waals surface area contributed by atoms with Crippen molar-refractivity contribution in [3.05, 3.63) is 95.8 Å². The van der Waals surface area contributed by atoms with Crippen LogP contribution in [-0.2, 0) is 73.5 Å². The Hall–Kier alpha value is -8.28. The zero-order valence-electron chi connectivity index (χ0n) is 48.3. The van der Waals surface area contributed by atoms with Crippen LogP contribution in [0.15, 0.2) is 72.9 Å². The summed E-state index contributed by atoms with van der Waals surface area (Å²) in [4.78, 5) is 142. The van der Waals surface area contributed by atoms with Crippen LogP contribution in [0, 0.1) is 23.0 Å². The number of carboxylic acids is 1. The summed E-state index contributed by atoms with van der Waals surface area (Å²) in [5.41, 5.74) is 6.08. The number of aliphatic carboxylic acids is 1. The lowest BCUT2D eigenvalue weighted by molar-refractivity contribution is -0.192. The number of alkyl halides is 3. The molecule has 8 amide bonds. The fourth-order valence-corrected chi connectivity index (χ4v) is 8.56. The minimum Gasteiger partial charge on any atom is -0.475 e. The Labute approximate surface area is 492 Å². The molecule has 5 atom stereocenters. The van der Waals surface area contributed by atoms with Crippen molar-refractivity contribution in [2.24, 2.45) is 17.1 Å². The number of amides is 8. The van der Waals surface area contributed by atoms with E-state index in [4.69, 9.17) is 29.8 Å². The molecule has 0 spiro atoms. The lowest BCUT2D eigenvalue weighted by Crippen LogP contribution is -2.56. The highest BCUT2D eigenvalue weighted by atomic mass is 19.4. The van der Waals surface area contributed by atoms with Crippen LogP contribution in [0.1, 0.15) is 84.0 Å². The number of hydrogen-bond acceptors (Lipinski definition) is 15. The fourth-order valence-electron chi connectivity index (χ4n) is 8.56. The quantitative estimate of drug-likeness (QED) is 0.0256. The summed E-state index contributed by atoms with van der Waals surface area (Å²) in [6.07, 6.45) is -3.14. The van der Waals surface area contributed by atoms with E-state index in [2.05, 4.69) is 21.3 Å². The van der Waals surface area contributed by atoms with Crippen LogP contribution in [0.2, 0.25) is 0 Å². The highest BCUT2D eigenvalue weighted by molar-refractivity contribution is 6.14. The number of ketones is 2. The van der Waals surface area contributed by atoms with Gasteiger partial charge in [0, 0.05) is 80.7 Å². The van der Waals surface area contributed by atoms with Gasteiger partial charge >= 0.3 is 12.1 Å². The number of halogens is 5. The number of rotatable bonds is 34. The molecule has 0 fully saturated rings. The normalized spacial score (nSPS) is 14.0. The Bertz CT molecular complexity index is 2880. The average molecular weight is 1220 g/mol. The Morgan fingerprint density at radius 1 is 0.791 bits per heavy atom. The van der Waals surface area contributed by atoms with E-state index in [9.17, 15) is 70.6 Å². The Balaban J connectivity index is 0.00000259. The first kappa shape index (κ1) is 72.0. The highest BCUT2D eigenvalue weighted by Crippen LogP contribution is 2.41. The van der Waals surface area contributed by atoms with E-state index < -0.39 is 144 Å². The number of nitrogens with zero attached hydrogens (tertiary/aromatic N) is 3. The number of nitrogens with one attached hydrogen (secondary N) is 4. The van der Waals surface area contributed by atoms with E-state index in [1.165, 1.54) is 25.9 Å². The number of primary amides is 1. The number of benzene rings is 2. The van der Waals surface area contributed by atoms with Crippen molar-refractivity contribution in [1.29, 1.82) is 0 Å². The van der Waals surface area contributed by atoms with Gasteiger partial charge in [-0.1, -0.05) is 58.0 Å². The van der Waals surface area contributed by atoms with Crippen LogP contribution in [0.25, 0.3) is 11.1 Å². The summed E-state index contributed by atoms with van der Waals surface area (Å²) < 4.78 is 79.0. The standard InChI is InChI=1S/C55H72F2N8O14.C2HF3O2/c1-34(25-45(68)35(2)60-47(70)33-79-24-23-78-22-21-77-6)52(74)62-43(28-46(58)69)54(76)61-42(53(75)59-19-10-13-39(67)31-65-48(71)16-17-49(65)72)18-20-64(50(73)32-66)51(55(3,4)5)44-26-37(40-27-38(56)14-15-41(40)57)30-63(44)29-36-11-8-7-9-12-36;3-2(4,5)1(6)7/h7-9,11-12,14-17,26-27,30,34-35,42-43,51,66H,10,13,18-25,28-29,31-33H2,1-6H3,(H2,58,69)(H,59,75)(H,60,70)(H,61,76)(H,62,74);(H,6,7)/t34-,35+,42+,43+,51+;/m1./s1. The third-order valence-corrected chi connectivity index (χ3v) is 12.8. The van der Waals surface area contributed by atoms with Crippen LogP contribution in [-0.4, -0.2) is 180 Å². The van der Waals surface area contributed by atoms with E-state index in [1.807, 2.05) is 30.3 Å². The first-order valence-corrected chi connectivity index (χ1v) is 27.0. The van der Waals surface area contributed by atoms with E-state index in [1.54, 1.807) is 37.6 Å². The number of nitrogens with two attached hydrogens (primary N) is 1. The van der Waals surface area contributed by atoms with Gasteiger partial charge in [0.25, 0.3) is 11.8 Å². The fraction of sp³-hybridized carbons (Fsp3) is 0.491. The second kappa shape index (κ2) is 34.6. The lowest BCUT2D eigenvalue weighted by atomic mass is 9.82. The molecule has 0 unspecified atom stereocenters. The number of carbonyl (C=O) groups excluding carboxylic acids is 10. The minimum atomic E-state index is -5.08. The number of aliphatic hydroxyl groups excluding tert-OH is 1. The summed E-state index contributed by atoms with van der Waals surface area (Å²) in [6, 6.07) is 8.47. The summed E-state index contributed by atoms with van der Waals surface area (Å²) in [7, 11) is 1.52. The molecule has 472 valence electrons. The predicted octanol–water partition coefficient (Wildman–Crippen LogP) is 2.43. The molecule has 24 nitrogen and oxygen atoms in total. The molecule has 1 aromatic heterocycles. The smallest absolute Gasteiger partial charge is 0.475 e. The molecular formula is C57H73F5N8O16. The molecule has 0 saturated heterocycles. The summed E-state index contributed by atoms with van der Waals surface area (Å²) in [6.45, 7) is 7.02. The van der Waals surface area contributed by atoms with Crippen LogP contribution in [0.3, 0.4) is 0 Å². The maximum atomic E-state index is 15.4.